The summed E-state index contributed by atoms with van der Waals surface area (Å²) in [5.74, 6) is -1.70. The van der Waals surface area contributed by atoms with Crippen molar-refractivity contribution in [3.8, 4) is 0 Å². The molecule has 1 fully saturated rings. The highest BCUT2D eigenvalue weighted by Crippen LogP contribution is 2.37. The van der Waals surface area contributed by atoms with Gasteiger partial charge in [0, 0.05) is 37.4 Å². The van der Waals surface area contributed by atoms with Gasteiger partial charge in [-0.2, -0.15) is 18.3 Å². The van der Waals surface area contributed by atoms with E-state index in [1.807, 2.05) is 4.90 Å². The third-order valence-electron chi connectivity index (χ3n) is 7.27. The molecule has 13 heteroatoms. The zero-order valence-corrected chi connectivity index (χ0v) is 21.3. The van der Waals surface area contributed by atoms with Crippen molar-refractivity contribution in [1.82, 2.24) is 25.1 Å². The Balaban J connectivity index is 1.45. The van der Waals surface area contributed by atoms with Gasteiger partial charge in [-0.15, -0.1) is 0 Å². The lowest BCUT2D eigenvalue weighted by atomic mass is 9.99. The lowest BCUT2D eigenvalue weighted by Crippen LogP contribution is -2.56. The second-order valence-electron chi connectivity index (χ2n) is 9.55. The molecule has 3 aliphatic rings. The topological polar surface area (TPSA) is 99.9 Å². The number of halogens is 4. The van der Waals surface area contributed by atoms with Gasteiger partial charge < -0.3 is 14.7 Å². The van der Waals surface area contributed by atoms with Gasteiger partial charge >= 0.3 is 12.1 Å². The maximum Gasteiger partial charge on any atom is 0.416 e. The molecular weight excluding hydrogens is 527 g/mol. The third-order valence-corrected chi connectivity index (χ3v) is 7.65. The normalized spacial score (nSPS) is 21.5. The number of nitrogens with zero attached hydrogens (tertiary/aromatic N) is 4. The Kier molecular flexibility index (Phi) is 7.14. The van der Waals surface area contributed by atoms with Gasteiger partial charge in [0.2, 0.25) is 0 Å². The van der Waals surface area contributed by atoms with E-state index in [9.17, 15) is 27.9 Å². The van der Waals surface area contributed by atoms with Crippen LogP contribution in [0.4, 0.5) is 13.2 Å². The van der Waals surface area contributed by atoms with E-state index in [-0.39, 0.29) is 29.4 Å². The summed E-state index contributed by atoms with van der Waals surface area (Å²) >= 11 is 6.51. The number of hydrogen-bond donors (Lipinski definition) is 2. The molecule has 1 amide bonds. The number of fused-ring (bicyclic) bond motifs is 1. The van der Waals surface area contributed by atoms with Crippen molar-refractivity contribution < 1.29 is 32.6 Å². The SMILES string of the molecule is CC(c1ccccc1C(F)(F)F)n1nc(C(=O)O)c2c1CCN(C1=C(Cl)C(=O)N(C3CCCCO3)NC1)C2. The molecule has 5 rings (SSSR count). The van der Waals surface area contributed by atoms with Crippen LogP contribution in [0.5, 0.6) is 0 Å². The summed E-state index contributed by atoms with van der Waals surface area (Å²) in [6.45, 7) is 2.86. The summed E-state index contributed by atoms with van der Waals surface area (Å²) in [5.41, 5.74) is 3.52. The van der Waals surface area contributed by atoms with E-state index in [1.165, 1.54) is 27.9 Å². The number of benzene rings is 1. The number of hydrogen-bond acceptors (Lipinski definition) is 6. The van der Waals surface area contributed by atoms with Crippen LogP contribution in [0.15, 0.2) is 35.0 Å². The fourth-order valence-corrected chi connectivity index (χ4v) is 5.65. The van der Waals surface area contributed by atoms with Crippen LogP contribution < -0.4 is 5.43 Å². The largest absolute Gasteiger partial charge is 0.476 e. The van der Waals surface area contributed by atoms with E-state index in [4.69, 9.17) is 16.3 Å². The first kappa shape index (κ1) is 26.5. The number of aromatic carboxylic acids is 1. The number of alkyl halides is 3. The molecule has 0 aliphatic carbocycles. The molecule has 1 saturated heterocycles. The number of ether oxygens (including phenoxy) is 1. The van der Waals surface area contributed by atoms with Crippen molar-refractivity contribution in [2.45, 2.75) is 57.6 Å². The van der Waals surface area contributed by atoms with Crippen LogP contribution in [-0.2, 0) is 28.7 Å². The summed E-state index contributed by atoms with van der Waals surface area (Å²) in [4.78, 5) is 26.9. The molecule has 1 aromatic heterocycles. The van der Waals surface area contributed by atoms with Crippen molar-refractivity contribution >= 4 is 23.5 Å². The van der Waals surface area contributed by atoms with Crippen LogP contribution in [0.25, 0.3) is 0 Å². The van der Waals surface area contributed by atoms with Crippen LogP contribution in [0.3, 0.4) is 0 Å². The molecule has 0 saturated carbocycles. The number of rotatable bonds is 5. The van der Waals surface area contributed by atoms with Gasteiger partial charge in [0.05, 0.1) is 23.8 Å². The maximum absolute atomic E-state index is 13.7. The second kappa shape index (κ2) is 10.2. The number of carboxylic acid groups (broad SMARTS) is 1. The summed E-state index contributed by atoms with van der Waals surface area (Å²) in [5, 5.41) is 15.5. The highest BCUT2D eigenvalue weighted by atomic mass is 35.5. The number of nitrogens with one attached hydrogen (secondary N) is 1. The van der Waals surface area contributed by atoms with E-state index in [0.29, 0.717) is 42.9 Å². The Labute approximate surface area is 221 Å². The molecule has 2 N–H and O–H groups in total. The molecule has 3 aliphatic heterocycles. The quantitative estimate of drug-likeness (QED) is 0.579. The molecule has 38 heavy (non-hydrogen) atoms. The van der Waals surface area contributed by atoms with E-state index in [2.05, 4.69) is 10.5 Å². The minimum Gasteiger partial charge on any atom is -0.476 e. The van der Waals surface area contributed by atoms with Crippen LogP contribution in [0.2, 0.25) is 0 Å². The standard InChI is InChI=1S/C25H27ClF3N5O4/c1-14(15-6-2-3-7-17(15)25(27,28)29)33-18-9-10-32(13-16(18)22(31-33)24(36)37)19-12-30-34(23(35)21(19)26)20-8-4-5-11-38-20/h2-3,6-7,14,20,30H,4-5,8-13H2,1H3,(H,36,37). The molecule has 0 spiro atoms. The predicted molar refractivity (Wildman–Crippen MR) is 130 cm³/mol. The Hall–Kier alpha value is -3.09. The highest BCUT2D eigenvalue weighted by molar-refractivity contribution is 6.42. The summed E-state index contributed by atoms with van der Waals surface area (Å²) in [6.07, 6.45) is -2.09. The van der Waals surface area contributed by atoms with Crippen molar-refractivity contribution in [1.29, 1.82) is 0 Å². The predicted octanol–water partition coefficient (Wildman–Crippen LogP) is 3.89. The number of amides is 1. The van der Waals surface area contributed by atoms with Gasteiger partial charge in [-0.05, 0) is 37.8 Å². The Morgan fingerprint density at radius 1 is 1.29 bits per heavy atom. The molecule has 2 unspecified atom stereocenters. The molecule has 204 valence electrons. The van der Waals surface area contributed by atoms with Gasteiger partial charge in [-0.1, -0.05) is 29.8 Å². The number of hydrazine groups is 1. The van der Waals surface area contributed by atoms with Gasteiger partial charge in [0.1, 0.15) is 11.3 Å². The summed E-state index contributed by atoms with van der Waals surface area (Å²) < 4.78 is 48.1. The van der Waals surface area contributed by atoms with Gasteiger partial charge in [0.25, 0.3) is 5.91 Å². The maximum atomic E-state index is 13.7. The van der Waals surface area contributed by atoms with Crippen molar-refractivity contribution in [3.05, 3.63) is 63.1 Å². The van der Waals surface area contributed by atoms with Crippen molar-refractivity contribution in [2.24, 2.45) is 0 Å². The minimum absolute atomic E-state index is 0.00233. The van der Waals surface area contributed by atoms with Crippen molar-refractivity contribution in [3.63, 3.8) is 0 Å². The molecule has 2 atom stereocenters. The fourth-order valence-electron chi connectivity index (χ4n) is 5.37. The molecular formula is C25H27ClF3N5O4. The number of carbonyl (C=O) groups is 2. The molecule has 1 aromatic carbocycles. The van der Waals surface area contributed by atoms with E-state index in [0.717, 1.165) is 18.9 Å². The Morgan fingerprint density at radius 2 is 2.05 bits per heavy atom. The van der Waals surface area contributed by atoms with Gasteiger partial charge in [0.15, 0.2) is 5.69 Å². The Bertz CT molecular complexity index is 1290. The van der Waals surface area contributed by atoms with Crippen LogP contribution in [0, 0.1) is 0 Å². The van der Waals surface area contributed by atoms with Gasteiger partial charge in [-0.25, -0.2) is 15.2 Å². The van der Waals surface area contributed by atoms with E-state index >= 15 is 0 Å². The monoisotopic (exact) mass is 553 g/mol. The van der Waals surface area contributed by atoms with E-state index < -0.39 is 35.9 Å². The Morgan fingerprint density at radius 3 is 2.74 bits per heavy atom. The van der Waals surface area contributed by atoms with Crippen LogP contribution >= 0.6 is 11.6 Å². The average Bonchev–Trinajstić information content (AvgIpc) is 3.29. The lowest BCUT2D eigenvalue weighted by Gasteiger charge is -2.40. The smallest absolute Gasteiger partial charge is 0.416 e. The van der Waals surface area contributed by atoms with Crippen LogP contribution in [-0.4, -0.2) is 62.6 Å². The third kappa shape index (κ3) is 4.76. The molecule has 0 radical (unpaired) electrons. The minimum atomic E-state index is -4.56. The summed E-state index contributed by atoms with van der Waals surface area (Å²) in [7, 11) is 0. The first-order valence-corrected chi connectivity index (χ1v) is 12.8. The number of carbonyl (C=O) groups excluding carboxylic acids is 1. The first-order valence-electron chi connectivity index (χ1n) is 12.4. The fraction of sp³-hybridized carbons (Fsp3) is 0.480. The second-order valence-corrected chi connectivity index (χ2v) is 9.93. The average molecular weight is 554 g/mol. The lowest BCUT2D eigenvalue weighted by molar-refractivity contribution is -0.156. The molecule has 0 bridgehead atoms. The van der Waals surface area contributed by atoms with Crippen LogP contribution in [0.1, 0.15) is 65.1 Å². The number of carboxylic acids is 1. The molecule has 2 aromatic rings. The number of aromatic nitrogens is 2. The van der Waals surface area contributed by atoms with Gasteiger partial charge in [-0.3, -0.25) is 9.48 Å². The molecule has 9 nitrogen and oxygen atoms in total. The molecule has 4 heterocycles. The zero-order valence-electron chi connectivity index (χ0n) is 20.6. The zero-order chi connectivity index (χ0) is 27.2. The highest BCUT2D eigenvalue weighted by Gasteiger charge is 2.39. The van der Waals surface area contributed by atoms with Crippen molar-refractivity contribution in [2.75, 3.05) is 19.7 Å². The summed E-state index contributed by atoms with van der Waals surface area (Å²) in [6, 6.07) is 4.36. The van der Waals surface area contributed by atoms with E-state index in [1.54, 1.807) is 6.92 Å². The first-order chi connectivity index (χ1) is 18.1.